The predicted molar refractivity (Wildman–Crippen MR) is 117 cm³/mol. The molecule has 1 heterocycles. The van der Waals surface area contributed by atoms with Gasteiger partial charge >= 0.3 is 0 Å². The van der Waals surface area contributed by atoms with Crippen LogP contribution in [0.25, 0.3) is 0 Å². The van der Waals surface area contributed by atoms with Gasteiger partial charge in [-0.15, -0.1) is 0 Å². The third-order valence-corrected chi connectivity index (χ3v) is 5.60. The van der Waals surface area contributed by atoms with Gasteiger partial charge in [-0.05, 0) is 48.9 Å². The molecular formula is C25H30N2O3. The van der Waals surface area contributed by atoms with Gasteiger partial charge in [0.15, 0.2) is 5.78 Å². The minimum Gasteiger partial charge on any atom is -0.352 e. The van der Waals surface area contributed by atoms with Crippen LogP contribution in [0.5, 0.6) is 0 Å². The normalized spacial score (nSPS) is 13.7. The van der Waals surface area contributed by atoms with Gasteiger partial charge in [-0.3, -0.25) is 14.4 Å². The number of Topliss-reactive ketones (excluding diaryl/α,β-unsaturated/α-hetero) is 1. The summed E-state index contributed by atoms with van der Waals surface area (Å²) in [5.41, 5.74) is 3.45. The van der Waals surface area contributed by atoms with Crippen LogP contribution < -0.4 is 5.32 Å². The zero-order valence-electron chi connectivity index (χ0n) is 17.7. The van der Waals surface area contributed by atoms with Crippen molar-refractivity contribution >= 4 is 17.6 Å². The molecule has 2 amide bonds. The molecule has 1 aliphatic heterocycles. The number of aryl methyl sites for hydroxylation is 1. The Hall–Kier alpha value is -2.95. The minimum atomic E-state index is -0.151. The van der Waals surface area contributed by atoms with Crippen LogP contribution in [0.2, 0.25) is 0 Å². The molecule has 0 spiro atoms. The van der Waals surface area contributed by atoms with Gasteiger partial charge in [0, 0.05) is 43.6 Å². The highest BCUT2D eigenvalue weighted by molar-refractivity contribution is 5.98. The first kappa shape index (κ1) is 21.8. The molecule has 30 heavy (non-hydrogen) atoms. The summed E-state index contributed by atoms with van der Waals surface area (Å²) in [5.74, 6) is -0.0915. The maximum atomic E-state index is 12.5. The summed E-state index contributed by atoms with van der Waals surface area (Å²) in [4.78, 5) is 38.8. The molecule has 5 nitrogen and oxygen atoms in total. The van der Waals surface area contributed by atoms with Crippen molar-refractivity contribution < 1.29 is 14.4 Å². The predicted octanol–water partition coefficient (Wildman–Crippen LogP) is 4.15. The van der Waals surface area contributed by atoms with Crippen molar-refractivity contribution in [3.8, 4) is 0 Å². The number of carbonyl (C=O) groups excluding carboxylic acids is 3. The lowest BCUT2D eigenvalue weighted by Crippen LogP contribution is -2.35. The van der Waals surface area contributed by atoms with Gasteiger partial charge in [0.1, 0.15) is 0 Å². The van der Waals surface area contributed by atoms with Crippen LogP contribution in [0.15, 0.2) is 48.5 Å². The second-order valence-corrected chi connectivity index (χ2v) is 7.80. The smallest absolute Gasteiger partial charge is 0.253 e. The van der Waals surface area contributed by atoms with Gasteiger partial charge in [0.05, 0.1) is 0 Å². The van der Waals surface area contributed by atoms with Crippen molar-refractivity contribution in [2.75, 3.05) is 13.1 Å². The fourth-order valence-electron chi connectivity index (χ4n) is 3.63. The summed E-state index contributed by atoms with van der Waals surface area (Å²) in [7, 11) is 0. The number of ketones is 1. The Morgan fingerprint density at radius 1 is 0.800 bits per heavy atom. The number of rotatable bonds is 8. The fraction of sp³-hybridized carbons (Fsp3) is 0.400. The van der Waals surface area contributed by atoms with Gasteiger partial charge < -0.3 is 10.2 Å². The summed E-state index contributed by atoms with van der Waals surface area (Å²) in [6, 6.07) is 14.9. The molecule has 0 saturated carbocycles. The van der Waals surface area contributed by atoms with E-state index < -0.39 is 0 Å². The van der Waals surface area contributed by atoms with E-state index in [1.807, 2.05) is 53.4 Å². The van der Waals surface area contributed by atoms with E-state index >= 15 is 0 Å². The number of benzene rings is 2. The van der Waals surface area contributed by atoms with E-state index in [1.165, 1.54) is 12.0 Å². The average molecular weight is 407 g/mol. The van der Waals surface area contributed by atoms with Gasteiger partial charge in [0.2, 0.25) is 5.91 Å². The number of piperidine rings is 1. The molecule has 0 bridgehead atoms. The van der Waals surface area contributed by atoms with Crippen LogP contribution >= 0.6 is 0 Å². The molecule has 0 atom stereocenters. The Morgan fingerprint density at radius 3 is 2.03 bits per heavy atom. The van der Waals surface area contributed by atoms with Crippen molar-refractivity contribution in [1.82, 2.24) is 10.2 Å². The van der Waals surface area contributed by atoms with E-state index in [0.717, 1.165) is 37.9 Å². The molecule has 1 aliphatic rings. The van der Waals surface area contributed by atoms with E-state index in [1.54, 1.807) is 0 Å². The van der Waals surface area contributed by atoms with E-state index in [0.29, 0.717) is 17.7 Å². The second kappa shape index (κ2) is 10.7. The van der Waals surface area contributed by atoms with Gasteiger partial charge in [-0.1, -0.05) is 43.3 Å². The van der Waals surface area contributed by atoms with E-state index in [-0.39, 0.29) is 30.4 Å². The lowest BCUT2D eigenvalue weighted by molar-refractivity contribution is -0.121. The molecule has 1 saturated heterocycles. The Kier molecular flexibility index (Phi) is 7.77. The fourth-order valence-corrected chi connectivity index (χ4v) is 3.63. The van der Waals surface area contributed by atoms with Crippen LogP contribution in [0.1, 0.15) is 70.9 Å². The first-order valence-corrected chi connectivity index (χ1v) is 10.8. The molecular weight excluding hydrogens is 376 g/mol. The minimum absolute atomic E-state index is 0.0200. The quantitative estimate of drug-likeness (QED) is 0.670. The van der Waals surface area contributed by atoms with E-state index in [9.17, 15) is 14.4 Å². The summed E-state index contributed by atoms with van der Waals surface area (Å²) in [5, 5.41) is 2.85. The molecule has 1 N–H and O–H groups in total. The molecule has 0 aromatic heterocycles. The van der Waals surface area contributed by atoms with Crippen LogP contribution in [-0.2, 0) is 17.8 Å². The van der Waals surface area contributed by atoms with Crippen molar-refractivity contribution in [2.45, 2.75) is 52.0 Å². The Balaban J connectivity index is 1.42. The third kappa shape index (κ3) is 6.02. The number of amides is 2. The summed E-state index contributed by atoms with van der Waals surface area (Å²) < 4.78 is 0. The third-order valence-electron chi connectivity index (χ3n) is 5.60. The first-order valence-electron chi connectivity index (χ1n) is 10.8. The standard InChI is InChI=1S/C25H30N2O3/c1-2-19-6-10-21(11-7-19)23(28)14-15-24(29)26-18-20-8-12-22(13-9-20)25(30)27-16-4-3-5-17-27/h6-13H,2-5,14-18H2,1H3,(H,26,29). The molecule has 158 valence electrons. The molecule has 1 fully saturated rings. The summed E-state index contributed by atoms with van der Waals surface area (Å²) in [6.45, 7) is 4.12. The molecule has 5 heteroatoms. The number of nitrogens with zero attached hydrogens (tertiary/aromatic N) is 1. The molecule has 0 radical (unpaired) electrons. The Bertz CT molecular complexity index is 866. The highest BCUT2D eigenvalue weighted by Gasteiger charge is 2.18. The topological polar surface area (TPSA) is 66.5 Å². The number of hydrogen-bond donors (Lipinski definition) is 1. The van der Waals surface area contributed by atoms with Gasteiger partial charge in [-0.2, -0.15) is 0 Å². The maximum Gasteiger partial charge on any atom is 0.253 e. The highest BCUT2D eigenvalue weighted by Crippen LogP contribution is 2.14. The number of likely N-dealkylation sites (tertiary alicyclic amines) is 1. The molecule has 2 aromatic carbocycles. The number of carbonyl (C=O) groups is 3. The first-order chi connectivity index (χ1) is 14.6. The lowest BCUT2D eigenvalue weighted by Gasteiger charge is -2.26. The van der Waals surface area contributed by atoms with Crippen molar-refractivity contribution in [1.29, 1.82) is 0 Å². The van der Waals surface area contributed by atoms with Crippen LogP contribution in [0.4, 0.5) is 0 Å². The van der Waals surface area contributed by atoms with E-state index in [4.69, 9.17) is 0 Å². The van der Waals surface area contributed by atoms with Crippen molar-refractivity contribution in [3.63, 3.8) is 0 Å². The SMILES string of the molecule is CCc1ccc(C(=O)CCC(=O)NCc2ccc(C(=O)N3CCCCC3)cc2)cc1. The second-order valence-electron chi connectivity index (χ2n) is 7.80. The molecule has 0 unspecified atom stereocenters. The van der Waals surface area contributed by atoms with Crippen molar-refractivity contribution in [3.05, 3.63) is 70.8 Å². The average Bonchev–Trinajstić information content (AvgIpc) is 2.81. The maximum absolute atomic E-state index is 12.5. The molecule has 0 aliphatic carbocycles. The Morgan fingerprint density at radius 2 is 1.40 bits per heavy atom. The highest BCUT2D eigenvalue weighted by atomic mass is 16.2. The van der Waals surface area contributed by atoms with Gasteiger partial charge in [0.25, 0.3) is 5.91 Å². The largest absolute Gasteiger partial charge is 0.352 e. The monoisotopic (exact) mass is 406 g/mol. The molecule has 3 rings (SSSR count). The van der Waals surface area contributed by atoms with Crippen molar-refractivity contribution in [2.24, 2.45) is 0 Å². The zero-order chi connectivity index (χ0) is 21.3. The van der Waals surface area contributed by atoms with Crippen LogP contribution in [0.3, 0.4) is 0 Å². The summed E-state index contributed by atoms with van der Waals surface area (Å²) >= 11 is 0. The molecule has 2 aromatic rings. The van der Waals surface area contributed by atoms with Crippen LogP contribution in [-0.4, -0.2) is 35.6 Å². The van der Waals surface area contributed by atoms with E-state index in [2.05, 4.69) is 12.2 Å². The lowest BCUT2D eigenvalue weighted by atomic mass is 10.0. The number of hydrogen-bond acceptors (Lipinski definition) is 3. The number of nitrogens with one attached hydrogen (secondary N) is 1. The Labute approximate surface area is 178 Å². The van der Waals surface area contributed by atoms with Gasteiger partial charge in [-0.25, -0.2) is 0 Å². The van der Waals surface area contributed by atoms with Crippen LogP contribution in [0, 0.1) is 0 Å². The zero-order valence-corrected chi connectivity index (χ0v) is 17.7. The summed E-state index contributed by atoms with van der Waals surface area (Å²) in [6.07, 6.45) is 4.63.